The van der Waals surface area contributed by atoms with Gasteiger partial charge in [-0.1, -0.05) is 22.0 Å². The zero-order chi connectivity index (χ0) is 15.9. The molecule has 2 heterocycles. The van der Waals surface area contributed by atoms with Crippen LogP contribution in [0.4, 0.5) is 0 Å². The van der Waals surface area contributed by atoms with Crippen molar-refractivity contribution in [2.75, 3.05) is 20.2 Å². The highest BCUT2D eigenvalue weighted by molar-refractivity contribution is 9.10. The number of rotatable bonds is 2. The summed E-state index contributed by atoms with van der Waals surface area (Å²) in [5.41, 5.74) is 1.03. The number of ketones is 1. The molecule has 2 saturated heterocycles. The maximum atomic E-state index is 13.0. The van der Waals surface area contributed by atoms with Crippen LogP contribution < -0.4 is 5.32 Å². The molecule has 22 heavy (non-hydrogen) atoms. The molecule has 2 aliphatic heterocycles. The molecule has 118 valence electrons. The van der Waals surface area contributed by atoms with Crippen molar-refractivity contribution in [2.45, 2.75) is 31.2 Å². The fourth-order valence-corrected chi connectivity index (χ4v) is 3.91. The van der Waals surface area contributed by atoms with Gasteiger partial charge in [-0.05, 0) is 43.0 Å². The normalized spacial score (nSPS) is 24.8. The fraction of sp³-hybridized carbons (Fsp3) is 0.500. The van der Waals surface area contributed by atoms with Crippen LogP contribution in [0.15, 0.2) is 22.7 Å². The average Bonchev–Trinajstić information content (AvgIpc) is 2.72. The minimum atomic E-state index is -0.726. The van der Waals surface area contributed by atoms with Gasteiger partial charge in [-0.25, -0.2) is 0 Å². The molecular formula is C16H19BrN2O3. The van der Waals surface area contributed by atoms with Gasteiger partial charge in [0.25, 0.3) is 0 Å². The van der Waals surface area contributed by atoms with Crippen LogP contribution in [0.25, 0.3) is 0 Å². The molecule has 0 saturated carbocycles. The van der Waals surface area contributed by atoms with Gasteiger partial charge in [-0.3, -0.25) is 9.59 Å². The van der Waals surface area contributed by atoms with Crippen LogP contribution >= 0.6 is 15.9 Å². The van der Waals surface area contributed by atoms with E-state index in [1.165, 1.54) is 0 Å². The first-order valence-electron chi connectivity index (χ1n) is 7.38. The maximum Gasteiger partial charge on any atom is 0.235 e. The lowest BCUT2D eigenvalue weighted by molar-refractivity contribution is -0.157. The number of carbonyl (C=O) groups is 2. The number of hydroxylamine groups is 2. The predicted molar refractivity (Wildman–Crippen MR) is 85.3 cm³/mol. The van der Waals surface area contributed by atoms with Crippen molar-refractivity contribution >= 4 is 27.6 Å². The lowest BCUT2D eigenvalue weighted by atomic mass is 9.80. The largest absolute Gasteiger partial charge is 0.343 e. The van der Waals surface area contributed by atoms with Gasteiger partial charge in [0, 0.05) is 17.6 Å². The Bertz CT molecular complexity index is 624. The summed E-state index contributed by atoms with van der Waals surface area (Å²) < 4.78 is 0.947. The summed E-state index contributed by atoms with van der Waals surface area (Å²) in [5.74, 6) is -0.873. The third-order valence-electron chi connectivity index (χ3n) is 4.74. The lowest BCUT2D eigenvalue weighted by Crippen LogP contribution is -2.54. The fourth-order valence-electron chi connectivity index (χ4n) is 3.43. The van der Waals surface area contributed by atoms with E-state index in [2.05, 4.69) is 21.2 Å². The van der Waals surface area contributed by atoms with Crippen LogP contribution in [0.3, 0.4) is 0 Å². The highest BCUT2D eigenvalue weighted by atomic mass is 79.9. The second-order valence-corrected chi connectivity index (χ2v) is 6.90. The number of hydrogen-bond donors (Lipinski definition) is 1. The van der Waals surface area contributed by atoms with Crippen LogP contribution in [0, 0.1) is 6.92 Å². The predicted octanol–water partition coefficient (Wildman–Crippen LogP) is 1.94. The first-order valence-corrected chi connectivity index (χ1v) is 8.17. The topological polar surface area (TPSA) is 58.6 Å². The van der Waals surface area contributed by atoms with E-state index in [0.29, 0.717) is 25.9 Å². The Balaban J connectivity index is 1.89. The van der Waals surface area contributed by atoms with Crippen molar-refractivity contribution in [3.63, 3.8) is 0 Å². The van der Waals surface area contributed by atoms with Gasteiger partial charge in [0.2, 0.25) is 5.91 Å². The second-order valence-electron chi connectivity index (χ2n) is 5.98. The van der Waals surface area contributed by atoms with Crippen LogP contribution in [-0.4, -0.2) is 42.5 Å². The molecule has 5 nitrogen and oxygen atoms in total. The molecule has 0 radical (unpaired) electrons. The number of piperidine rings is 1. The van der Waals surface area contributed by atoms with Gasteiger partial charge < -0.3 is 10.2 Å². The molecule has 0 aliphatic carbocycles. The molecule has 3 rings (SSSR count). The number of benzene rings is 1. The van der Waals surface area contributed by atoms with Gasteiger partial charge in [0.05, 0.1) is 7.11 Å². The Morgan fingerprint density at radius 1 is 1.32 bits per heavy atom. The molecule has 0 bridgehead atoms. The van der Waals surface area contributed by atoms with Crippen LogP contribution in [-0.2, 0) is 14.4 Å². The number of nitrogens with zero attached hydrogens (tertiary/aromatic N) is 1. The Labute approximate surface area is 138 Å². The standard InChI is InChI=1S/C16H19BrN2O3/c1-10-9-11(17)3-4-12(10)13-14(20)16(18-15(13)21)5-7-19(22-2)8-6-16/h3-4,9,13H,5-8H2,1-2H3,(H,18,21). The van der Waals surface area contributed by atoms with Gasteiger partial charge in [0.15, 0.2) is 5.78 Å². The van der Waals surface area contributed by atoms with Crippen LogP contribution in [0.2, 0.25) is 0 Å². The molecule has 2 aliphatic rings. The summed E-state index contributed by atoms with van der Waals surface area (Å²) >= 11 is 3.41. The van der Waals surface area contributed by atoms with Crippen molar-refractivity contribution in [3.8, 4) is 0 Å². The summed E-state index contributed by atoms with van der Waals surface area (Å²) in [4.78, 5) is 30.6. The molecule has 0 aromatic heterocycles. The zero-order valence-corrected chi connectivity index (χ0v) is 14.3. The van der Waals surface area contributed by atoms with Gasteiger partial charge in [0.1, 0.15) is 11.5 Å². The van der Waals surface area contributed by atoms with Crippen molar-refractivity contribution < 1.29 is 14.4 Å². The van der Waals surface area contributed by atoms with E-state index < -0.39 is 11.5 Å². The summed E-state index contributed by atoms with van der Waals surface area (Å²) in [5, 5.41) is 4.79. The summed E-state index contributed by atoms with van der Waals surface area (Å²) in [6.07, 6.45) is 1.19. The first-order chi connectivity index (χ1) is 10.5. The molecule has 2 fully saturated rings. The number of aryl methyl sites for hydroxylation is 1. The van der Waals surface area contributed by atoms with E-state index in [1.54, 1.807) is 7.11 Å². The molecular weight excluding hydrogens is 348 g/mol. The van der Waals surface area contributed by atoms with Gasteiger partial charge >= 0.3 is 0 Å². The zero-order valence-electron chi connectivity index (χ0n) is 12.7. The number of halogens is 1. The Morgan fingerprint density at radius 3 is 2.59 bits per heavy atom. The molecule has 1 amide bonds. The van der Waals surface area contributed by atoms with Crippen molar-refractivity contribution in [1.29, 1.82) is 0 Å². The minimum absolute atomic E-state index is 0.00123. The quantitative estimate of drug-likeness (QED) is 0.812. The Kier molecular flexibility index (Phi) is 4.09. The summed E-state index contributed by atoms with van der Waals surface area (Å²) in [6.45, 7) is 3.22. The monoisotopic (exact) mass is 366 g/mol. The van der Waals surface area contributed by atoms with Crippen molar-refractivity contribution in [2.24, 2.45) is 0 Å². The molecule has 1 atom stereocenters. The number of amides is 1. The smallest absolute Gasteiger partial charge is 0.235 e. The summed E-state index contributed by atoms with van der Waals surface area (Å²) in [7, 11) is 1.63. The molecule has 1 aromatic carbocycles. The number of carbonyl (C=O) groups excluding carboxylic acids is 2. The Morgan fingerprint density at radius 2 is 2.00 bits per heavy atom. The first kappa shape index (κ1) is 15.6. The highest BCUT2D eigenvalue weighted by Gasteiger charge is 2.54. The molecule has 1 aromatic rings. The number of nitrogens with one attached hydrogen (secondary N) is 1. The molecule has 6 heteroatoms. The lowest BCUT2D eigenvalue weighted by Gasteiger charge is -2.36. The average molecular weight is 367 g/mol. The number of hydrogen-bond acceptors (Lipinski definition) is 4. The van der Waals surface area contributed by atoms with Crippen molar-refractivity contribution in [1.82, 2.24) is 10.4 Å². The Hall–Kier alpha value is -1.24. The summed E-state index contributed by atoms with van der Waals surface area (Å²) in [6, 6.07) is 5.68. The maximum absolute atomic E-state index is 13.0. The molecule has 1 spiro atoms. The third kappa shape index (κ3) is 2.49. The van der Waals surface area contributed by atoms with E-state index >= 15 is 0 Å². The van der Waals surface area contributed by atoms with E-state index in [-0.39, 0.29) is 11.7 Å². The van der Waals surface area contributed by atoms with Gasteiger partial charge in [-0.15, -0.1) is 0 Å². The van der Waals surface area contributed by atoms with E-state index in [0.717, 1.165) is 15.6 Å². The molecule has 1 unspecified atom stereocenters. The SMILES string of the molecule is CON1CCC2(CC1)NC(=O)C(c1ccc(Br)cc1C)C2=O. The number of Topliss-reactive ketones (excluding diaryl/α,β-unsaturated/α-hetero) is 1. The minimum Gasteiger partial charge on any atom is -0.343 e. The van der Waals surface area contributed by atoms with Crippen LogP contribution in [0.5, 0.6) is 0 Å². The van der Waals surface area contributed by atoms with E-state index in [4.69, 9.17) is 4.84 Å². The van der Waals surface area contributed by atoms with Gasteiger partial charge in [-0.2, -0.15) is 5.06 Å². The van der Waals surface area contributed by atoms with Crippen LogP contribution in [0.1, 0.15) is 29.9 Å². The van der Waals surface area contributed by atoms with E-state index in [1.807, 2.05) is 30.2 Å². The highest BCUT2D eigenvalue weighted by Crippen LogP contribution is 2.37. The second kappa shape index (κ2) is 5.76. The molecule has 1 N–H and O–H groups in total. The third-order valence-corrected chi connectivity index (χ3v) is 5.23. The van der Waals surface area contributed by atoms with Crippen molar-refractivity contribution in [3.05, 3.63) is 33.8 Å². The van der Waals surface area contributed by atoms with E-state index in [9.17, 15) is 9.59 Å².